The van der Waals surface area contributed by atoms with Crippen molar-refractivity contribution in [2.75, 3.05) is 11.1 Å². The van der Waals surface area contributed by atoms with E-state index < -0.39 is 11.7 Å². The van der Waals surface area contributed by atoms with Crippen LogP contribution in [0.1, 0.15) is 16.0 Å². The number of nitrogens with one attached hydrogen (secondary N) is 1. The van der Waals surface area contributed by atoms with Crippen LogP contribution >= 0.6 is 11.3 Å². The van der Waals surface area contributed by atoms with Gasteiger partial charge in [-0.15, -0.1) is 11.3 Å². The third kappa shape index (κ3) is 3.20. The van der Waals surface area contributed by atoms with E-state index in [-0.39, 0.29) is 5.69 Å². The molecule has 19 heavy (non-hydrogen) atoms. The van der Waals surface area contributed by atoms with Gasteiger partial charge in [-0.25, -0.2) is 0 Å². The summed E-state index contributed by atoms with van der Waals surface area (Å²) in [6.07, 6.45) is -4.36. The lowest BCUT2D eigenvalue weighted by Gasteiger charge is -2.12. The molecule has 0 saturated carbocycles. The molecule has 0 aliphatic rings. The van der Waals surface area contributed by atoms with E-state index in [0.717, 1.165) is 22.6 Å². The fraction of sp³-hybridized carbons (Fsp3) is 0.231. The predicted molar refractivity (Wildman–Crippen MR) is 72.2 cm³/mol. The summed E-state index contributed by atoms with van der Waals surface area (Å²) in [4.78, 5) is 1.14. The molecule has 2 nitrogen and oxygen atoms in total. The highest BCUT2D eigenvalue weighted by molar-refractivity contribution is 7.10. The summed E-state index contributed by atoms with van der Waals surface area (Å²) in [5, 5.41) is 5.03. The molecule has 6 heteroatoms. The first-order valence-corrected chi connectivity index (χ1v) is 6.49. The van der Waals surface area contributed by atoms with Crippen LogP contribution in [0.15, 0.2) is 29.6 Å². The van der Waals surface area contributed by atoms with Crippen molar-refractivity contribution in [1.82, 2.24) is 0 Å². The van der Waals surface area contributed by atoms with Gasteiger partial charge in [0.05, 0.1) is 16.9 Å². The van der Waals surface area contributed by atoms with Crippen LogP contribution in [0.4, 0.5) is 24.5 Å². The summed E-state index contributed by atoms with van der Waals surface area (Å²) < 4.78 is 37.5. The Morgan fingerprint density at radius 3 is 2.53 bits per heavy atom. The van der Waals surface area contributed by atoms with Crippen LogP contribution in [0.5, 0.6) is 0 Å². The first-order valence-electron chi connectivity index (χ1n) is 5.61. The Morgan fingerprint density at radius 1 is 1.26 bits per heavy atom. The minimum Gasteiger partial charge on any atom is -0.397 e. The number of nitrogen functional groups attached to an aromatic ring is 1. The lowest BCUT2D eigenvalue weighted by atomic mass is 10.1. The van der Waals surface area contributed by atoms with Crippen molar-refractivity contribution in [3.63, 3.8) is 0 Å². The van der Waals surface area contributed by atoms with E-state index in [9.17, 15) is 13.2 Å². The molecular weight excluding hydrogens is 273 g/mol. The lowest BCUT2D eigenvalue weighted by Crippen LogP contribution is -2.08. The van der Waals surface area contributed by atoms with Crippen molar-refractivity contribution in [2.45, 2.75) is 19.6 Å². The molecule has 3 N–H and O–H groups in total. The summed E-state index contributed by atoms with van der Waals surface area (Å²) in [5.74, 6) is 0. The van der Waals surface area contributed by atoms with Crippen LogP contribution in [-0.2, 0) is 12.7 Å². The zero-order valence-corrected chi connectivity index (χ0v) is 11.0. The van der Waals surface area contributed by atoms with Gasteiger partial charge in [0.15, 0.2) is 0 Å². The van der Waals surface area contributed by atoms with E-state index >= 15 is 0 Å². The van der Waals surface area contributed by atoms with Crippen LogP contribution in [-0.4, -0.2) is 0 Å². The first kappa shape index (κ1) is 13.7. The number of rotatable bonds is 3. The summed E-state index contributed by atoms with van der Waals surface area (Å²) in [5.41, 5.74) is 6.67. The van der Waals surface area contributed by atoms with Gasteiger partial charge in [-0.05, 0) is 42.1 Å². The standard InChI is InChI=1S/C13H13F3N2S/c1-8-4-5-19-12(8)7-18-11-3-2-9(6-10(11)17)13(14,15)16/h2-6,18H,7,17H2,1H3. The maximum atomic E-state index is 12.5. The molecule has 0 amide bonds. The van der Waals surface area contributed by atoms with Crippen LogP contribution in [0.2, 0.25) is 0 Å². The van der Waals surface area contributed by atoms with Gasteiger partial charge in [0.1, 0.15) is 0 Å². The molecule has 102 valence electrons. The van der Waals surface area contributed by atoms with Gasteiger partial charge in [-0.1, -0.05) is 0 Å². The van der Waals surface area contributed by atoms with Crippen molar-refractivity contribution in [2.24, 2.45) is 0 Å². The van der Waals surface area contributed by atoms with Gasteiger partial charge in [0.2, 0.25) is 0 Å². The highest BCUT2D eigenvalue weighted by Crippen LogP contribution is 2.33. The Hall–Kier alpha value is -1.69. The zero-order valence-electron chi connectivity index (χ0n) is 10.2. The summed E-state index contributed by atoms with van der Waals surface area (Å²) in [6, 6.07) is 5.34. The Labute approximate surface area is 113 Å². The van der Waals surface area contributed by atoms with E-state index in [0.29, 0.717) is 12.2 Å². The number of benzene rings is 1. The molecule has 0 fully saturated rings. The second-order valence-electron chi connectivity index (χ2n) is 4.18. The van der Waals surface area contributed by atoms with Crippen molar-refractivity contribution < 1.29 is 13.2 Å². The fourth-order valence-electron chi connectivity index (χ4n) is 1.66. The molecule has 0 unspecified atom stereocenters. The lowest BCUT2D eigenvalue weighted by molar-refractivity contribution is -0.137. The van der Waals surface area contributed by atoms with Gasteiger partial charge in [-0.2, -0.15) is 13.2 Å². The Morgan fingerprint density at radius 2 is 2.00 bits per heavy atom. The number of anilines is 2. The fourth-order valence-corrected chi connectivity index (χ4v) is 2.51. The maximum absolute atomic E-state index is 12.5. The molecule has 2 rings (SSSR count). The van der Waals surface area contributed by atoms with Crippen molar-refractivity contribution in [3.8, 4) is 0 Å². The molecule has 1 heterocycles. The average molecular weight is 286 g/mol. The van der Waals surface area contributed by atoms with E-state index in [1.54, 1.807) is 11.3 Å². The maximum Gasteiger partial charge on any atom is 0.416 e. The van der Waals surface area contributed by atoms with E-state index in [1.807, 2.05) is 18.4 Å². The largest absolute Gasteiger partial charge is 0.416 e. The number of hydrogen-bond donors (Lipinski definition) is 2. The number of aryl methyl sites for hydroxylation is 1. The monoisotopic (exact) mass is 286 g/mol. The molecular formula is C13H13F3N2S. The normalized spacial score (nSPS) is 11.6. The third-order valence-electron chi connectivity index (χ3n) is 2.79. The second-order valence-corrected chi connectivity index (χ2v) is 5.18. The molecule has 0 aliphatic heterocycles. The number of halogens is 3. The molecule has 0 bridgehead atoms. The Bertz CT molecular complexity index is 576. The molecule has 1 aromatic carbocycles. The van der Waals surface area contributed by atoms with Crippen LogP contribution < -0.4 is 11.1 Å². The topological polar surface area (TPSA) is 38.0 Å². The van der Waals surface area contributed by atoms with E-state index in [1.165, 1.54) is 6.07 Å². The first-order chi connectivity index (χ1) is 8.88. The molecule has 0 spiro atoms. The van der Waals surface area contributed by atoms with Gasteiger partial charge in [-0.3, -0.25) is 0 Å². The van der Waals surface area contributed by atoms with E-state index in [2.05, 4.69) is 5.32 Å². The smallest absolute Gasteiger partial charge is 0.397 e. The quantitative estimate of drug-likeness (QED) is 0.827. The van der Waals surface area contributed by atoms with Crippen LogP contribution in [0.25, 0.3) is 0 Å². The highest BCUT2D eigenvalue weighted by Gasteiger charge is 2.30. The minimum atomic E-state index is -4.36. The number of thiophene rings is 1. The van der Waals surface area contributed by atoms with Gasteiger partial charge in [0, 0.05) is 11.4 Å². The van der Waals surface area contributed by atoms with Gasteiger partial charge < -0.3 is 11.1 Å². The Kier molecular flexibility index (Phi) is 3.71. The van der Waals surface area contributed by atoms with Crippen molar-refractivity contribution in [3.05, 3.63) is 45.6 Å². The predicted octanol–water partition coefficient (Wildman–Crippen LogP) is 4.27. The SMILES string of the molecule is Cc1ccsc1CNc1ccc(C(F)(F)F)cc1N. The Balaban J connectivity index is 2.12. The van der Waals surface area contributed by atoms with Crippen molar-refractivity contribution >= 4 is 22.7 Å². The molecule has 1 aromatic heterocycles. The number of alkyl halides is 3. The molecule has 0 atom stereocenters. The molecule has 2 aromatic rings. The summed E-state index contributed by atoms with van der Waals surface area (Å²) in [6.45, 7) is 2.54. The van der Waals surface area contributed by atoms with Crippen molar-refractivity contribution in [1.29, 1.82) is 0 Å². The molecule has 0 saturated heterocycles. The average Bonchev–Trinajstić information content (AvgIpc) is 2.72. The summed E-state index contributed by atoms with van der Waals surface area (Å²) >= 11 is 1.60. The van der Waals surface area contributed by atoms with Gasteiger partial charge in [0.25, 0.3) is 0 Å². The summed E-state index contributed by atoms with van der Waals surface area (Å²) in [7, 11) is 0. The van der Waals surface area contributed by atoms with E-state index in [4.69, 9.17) is 5.73 Å². The van der Waals surface area contributed by atoms with Gasteiger partial charge >= 0.3 is 6.18 Å². The van der Waals surface area contributed by atoms with Crippen LogP contribution in [0.3, 0.4) is 0 Å². The molecule has 0 radical (unpaired) electrons. The number of hydrogen-bond acceptors (Lipinski definition) is 3. The highest BCUT2D eigenvalue weighted by atomic mass is 32.1. The minimum absolute atomic E-state index is 0.101. The van der Waals surface area contributed by atoms with Crippen LogP contribution in [0, 0.1) is 6.92 Å². The number of nitrogens with two attached hydrogens (primary N) is 1. The molecule has 0 aliphatic carbocycles. The third-order valence-corrected chi connectivity index (χ3v) is 3.81. The second kappa shape index (κ2) is 5.13. The zero-order chi connectivity index (χ0) is 14.0.